The van der Waals surface area contributed by atoms with Gasteiger partial charge in [0.05, 0.1) is 5.69 Å². The Morgan fingerprint density at radius 3 is 2.41 bits per heavy atom. The van der Waals surface area contributed by atoms with Crippen molar-refractivity contribution in [2.24, 2.45) is 0 Å². The molecule has 4 heteroatoms. The van der Waals surface area contributed by atoms with Gasteiger partial charge < -0.3 is 10.2 Å². The number of rotatable bonds is 3. The summed E-state index contributed by atoms with van der Waals surface area (Å²) < 4.78 is 0. The van der Waals surface area contributed by atoms with E-state index < -0.39 is 0 Å². The van der Waals surface area contributed by atoms with Crippen molar-refractivity contribution in [3.8, 4) is 0 Å². The van der Waals surface area contributed by atoms with Crippen molar-refractivity contribution in [1.29, 1.82) is 0 Å². The van der Waals surface area contributed by atoms with Crippen LogP contribution in [-0.2, 0) is 0 Å². The number of anilines is 1. The fourth-order valence-electron chi connectivity index (χ4n) is 5.11. The van der Waals surface area contributed by atoms with Crippen molar-refractivity contribution in [3.05, 3.63) is 47.2 Å². The van der Waals surface area contributed by atoms with Crippen LogP contribution in [0.5, 0.6) is 0 Å². The van der Waals surface area contributed by atoms with Crippen LogP contribution in [0.3, 0.4) is 0 Å². The average Bonchev–Trinajstić information content (AvgIpc) is 3.06. The molecule has 27 heavy (non-hydrogen) atoms. The van der Waals surface area contributed by atoms with Crippen molar-refractivity contribution in [2.45, 2.75) is 76.9 Å². The highest BCUT2D eigenvalue weighted by Crippen LogP contribution is 2.36. The number of allylic oxidation sites excluding steroid dienone is 6. The molecule has 1 aliphatic heterocycles. The Morgan fingerprint density at radius 1 is 1.00 bits per heavy atom. The Kier molecular flexibility index (Phi) is 4.50. The Morgan fingerprint density at radius 2 is 1.74 bits per heavy atom. The van der Waals surface area contributed by atoms with Crippen LogP contribution in [0, 0.1) is 0 Å². The van der Waals surface area contributed by atoms with Gasteiger partial charge in [0.25, 0.3) is 0 Å². The first kappa shape index (κ1) is 18.4. The number of hydrogen-bond acceptors (Lipinski definition) is 4. The van der Waals surface area contributed by atoms with Crippen LogP contribution < -0.4 is 10.2 Å². The maximum atomic E-state index is 4.58. The molecule has 0 amide bonds. The van der Waals surface area contributed by atoms with E-state index in [1.54, 1.807) is 0 Å². The van der Waals surface area contributed by atoms with Crippen molar-refractivity contribution in [2.75, 3.05) is 11.9 Å². The SMILES string of the molecule is CN(c1ccc(C2=CCC3=CCCC3=C2)nn1)C1CC(C)(C)NC(C)(C)C1. The van der Waals surface area contributed by atoms with Crippen LogP contribution in [0.25, 0.3) is 5.57 Å². The molecule has 144 valence electrons. The second kappa shape index (κ2) is 6.59. The molecular weight excluding hydrogens is 332 g/mol. The first-order valence-corrected chi connectivity index (χ1v) is 10.2. The Bertz CT molecular complexity index is 795. The van der Waals surface area contributed by atoms with E-state index in [-0.39, 0.29) is 11.1 Å². The first-order chi connectivity index (χ1) is 12.7. The summed E-state index contributed by atoms with van der Waals surface area (Å²) in [5, 5.41) is 12.9. The van der Waals surface area contributed by atoms with Crippen LogP contribution in [0.4, 0.5) is 5.82 Å². The summed E-state index contributed by atoms with van der Waals surface area (Å²) in [5.74, 6) is 0.961. The van der Waals surface area contributed by atoms with Crippen LogP contribution in [-0.4, -0.2) is 34.4 Å². The summed E-state index contributed by atoms with van der Waals surface area (Å²) in [5.41, 5.74) is 5.43. The molecule has 1 fully saturated rings. The molecule has 1 saturated heterocycles. The minimum Gasteiger partial charge on any atom is -0.355 e. The second-order valence-electron chi connectivity index (χ2n) is 9.64. The molecule has 1 aromatic rings. The molecule has 1 aromatic heterocycles. The molecule has 4 nitrogen and oxygen atoms in total. The van der Waals surface area contributed by atoms with Gasteiger partial charge in [0.1, 0.15) is 0 Å². The zero-order valence-electron chi connectivity index (χ0n) is 17.3. The number of nitrogens with zero attached hydrogens (tertiary/aromatic N) is 3. The summed E-state index contributed by atoms with van der Waals surface area (Å²) in [4.78, 5) is 2.31. The quantitative estimate of drug-likeness (QED) is 0.847. The lowest BCUT2D eigenvalue weighted by atomic mass is 9.79. The molecular formula is C23H32N4. The molecule has 2 aliphatic carbocycles. The molecule has 0 aromatic carbocycles. The predicted molar refractivity (Wildman–Crippen MR) is 113 cm³/mol. The molecule has 0 bridgehead atoms. The highest BCUT2D eigenvalue weighted by Gasteiger charge is 2.39. The fourth-order valence-corrected chi connectivity index (χ4v) is 5.11. The van der Waals surface area contributed by atoms with Gasteiger partial charge in [-0.05, 0) is 94.7 Å². The van der Waals surface area contributed by atoms with Crippen LogP contribution in [0.1, 0.15) is 65.5 Å². The number of fused-ring (bicyclic) bond motifs is 1. The second-order valence-corrected chi connectivity index (χ2v) is 9.64. The van der Waals surface area contributed by atoms with Gasteiger partial charge in [0.2, 0.25) is 0 Å². The monoisotopic (exact) mass is 364 g/mol. The number of hydrogen-bond donors (Lipinski definition) is 1. The summed E-state index contributed by atoms with van der Waals surface area (Å²) in [6.45, 7) is 9.16. The molecule has 0 spiro atoms. The van der Waals surface area contributed by atoms with Gasteiger partial charge in [-0.2, -0.15) is 0 Å². The lowest BCUT2D eigenvalue weighted by molar-refractivity contribution is 0.160. The Balaban J connectivity index is 1.51. The summed E-state index contributed by atoms with van der Waals surface area (Å²) in [6.07, 6.45) is 12.5. The molecule has 3 aliphatic rings. The van der Waals surface area contributed by atoms with Gasteiger partial charge in [-0.1, -0.05) is 12.2 Å². The summed E-state index contributed by atoms with van der Waals surface area (Å²) in [6, 6.07) is 4.71. The van der Waals surface area contributed by atoms with Crippen molar-refractivity contribution in [1.82, 2.24) is 15.5 Å². The third kappa shape index (κ3) is 3.86. The van der Waals surface area contributed by atoms with E-state index in [1.807, 2.05) is 0 Å². The Labute approximate surface area is 163 Å². The van der Waals surface area contributed by atoms with Crippen LogP contribution >= 0.6 is 0 Å². The van der Waals surface area contributed by atoms with E-state index >= 15 is 0 Å². The molecule has 2 heterocycles. The van der Waals surface area contributed by atoms with Crippen LogP contribution in [0.2, 0.25) is 0 Å². The van der Waals surface area contributed by atoms with Crippen LogP contribution in [0.15, 0.2) is 41.5 Å². The third-order valence-electron chi connectivity index (χ3n) is 6.11. The van der Waals surface area contributed by atoms with Crippen molar-refractivity contribution < 1.29 is 0 Å². The highest BCUT2D eigenvalue weighted by molar-refractivity contribution is 5.76. The maximum Gasteiger partial charge on any atom is 0.151 e. The standard InChI is InChI=1S/C23H32N4/c1-22(2)14-19(15-23(3,4)26-22)27(5)21-12-11-20(24-25-21)18-10-9-16-7-6-8-17(16)13-18/h7,10-13,19,26H,6,8-9,14-15H2,1-5H3. The van der Waals surface area contributed by atoms with Gasteiger partial charge >= 0.3 is 0 Å². The van der Waals surface area contributed by atoms with Gasteiger partial charge in [-0.3, -0.25) is 0 Å². The molecule has 0 atom stereocenters. The zero-order chi connectivity index (χ0) is 19.2. The average molecular weight is 365 g/mol. The number of nitrogens with one attached hydrogen (secondary N) is 1. The van der Waals surface area contributed by atoms with E-state index in [2.05, 4.69) is 85.5 Å². The number of aromatic nitrogens is 2. The molecule has 0 saturated carbocycles. The predicted octanol–water partition coefficient (Wildman–Crippen LogP) is 4.66. The maximum absolute atomic E-state index is 4.58. The molecule has 0 radical (unpaired) electrons. The van der Waals surface area contributed by atoms with E-state index in [4.69, 9.17) is 0 Å². The highest BCUT2D eigenvalue weighted by atomic mass is 15.3. The Hall–Kier alpha value is -1.94. The van der Waals surface area contributed by atoms with E-state index in [0.717, 1.165) is 30.8 Å². The lowest BCUT2D eigenvalue weighted by Crippen LogP contribution is -2.62. The minimum absolute atomic E-state index is 0.125. The van der Waals surface area contributed by atoms with E-state index in [1.165, 1.54) is 29.6 Å². The lowest BCUT2D eigenvalue weighted by Gasteiger charge is -2.49. The summed E-state index contributed by atoms with van der Waals surface area (Å²) in [7, 11) is 2.16. The smallest absolute Gasteiger partial charge is 0.151 e. The van der Waals surface area contributed by atoms with Crippen molar-refractivity contribution >= 4 is 11.4 Å². The van der Waals surface area contributed by atoms with Gasteiger partial charge in [-0.25, -0.2) is 0 Å². The van der Waals surface area contributed by atoms with Gasteiger partial charge in [-0.15, -0.1) is 10.2 Å². The molecule has 0 unspecified atom stereocenters. The third-order valence-corrected chi connectivity index (χ3v) is 6.11. The van der Waals surface area contributed by atoms with E-state index in [0.29, 0.717) is 6.04 Å². The largest absolute Gasteiger partial charge is 0.355 e. The van der Waals surface area contributed by atoms with Gasteiger partial charge in [0.15, 0.2) is 5.82 Å². The fraction of sp³-hybridized carbons (Fsp3) is 0.565. The summed E-state index contributed by atoms with van der Waals surface area (Å²) >= 11 is 0. The zero-order valence-corrected chi connectivity index (χ0v) is 17.3. The molecule has 4 rings (SSSR count). The minimum atomic E-state index is 0.125. The van der Waals surface area contributed by atoms with Gasteiger partial charge in [0, 0.05) is 24.2 Å². The first-order valence-electron chi connectivity index (χ1n) is 10.2. The topological polar surface area (TPSA) is 41.1 Å². The van der Waals surface area contributed by atoms with E-state index in [9.17, 15) is 0 Å². The number of piperidine rings is 1. The normalized spacial score (nSPS) is 24.0. The van der Waals surface area contributed by atoms with Crippen molar-refractivity contribution in [3.63, 3.8) is 0 Å². The molecule has 1 N–H and O–H groups in total.